The molecule has 0 spiro atoms. The molecule has 1 aliphatic rings. The third kappa shape index (κ3) is 4.42. The molecule has 5 heteroatoms. The maximum Gasteiger partial charge on any atom is 0.315 e. The van der Waals surface area contributed by atoms with E-state index in [4.69, 9.17) is 0 Å². The van der Waals surface area contributed by atoms with Crippen LogP contribution in [0.15, 0.2) is 24.3 Å². The zero-order valence-corrected chi connectivity index (χ0v) is 12.6. The number of amides is 2. The number of thioether (sulfide) groups is 1. The van der Waals surface area contributed by atoms with Crippen molar-refractivity contribution in [1.82, 2.24) is 10.6 Å². The SMILES string of the molecule is Cc1ccccc1[C@H](O)CNC(=O)NC1CCSCC1. The summed E-state index contributed by atoms with van der Waals surface area (Å²) in [5.41, 5.74) is 1.90. The largest absolute Gasteiger partial charge is 0.387 e. The Morgan fingerprint density at radius 1 is 1.40 bits per heavy atom. The molecule has 0 unspecified atom stereocenters. The van der Waals surface area contributed by atoms with E-state index in [0.29, 0.717) is 0 Å². The van der Waals surface area contributed by atoms with E-state index in [1.54, 1.807) is 0 Å². The van der Waals surface area contributed by atoms with E-state index in [2.05, 4.69) is 10.6 Å². The maximum atomic E-state index is 11.8. The van der Waals surface area contributed by atoms with Crippen LogP contribution < -0.4 is 10.6 Å². The standard InChI is InChI=1S/C15H22N2O2S/c1-11-4-2-3-5-13(11)14(18)10-16-15(19)17-12-6-8-20-9-7-12/h2-5,12,14,18H,6-10H2,1H3,(H2,16,17,19)/t14-/m1/s1. The molecule has 1 aliphatic heterocycles. The monoisotopic (exact) mass is 294 g/mol. The van der Waals surface area contributed by atoms with E-state index in [1.165, 1.54) is 0 Å². The van der Waals surface area contributed by atoms with E-state index < -0.39 is 6.10 Å². The number of aliphatic hydroxyl groups excluding tert-OH is 1. The van der Waals surface area contributed by atoms with Crippen LogP contribution >= 0.6 is 11.8 Å². The number of aryl methyl sites for hydroxylation is 1. The number of aliphatic hydroxyl groups is 1. The second-order valence-corrected chi connectivity index (χ2v) is 6.34. The van der Waals surface area contributed by atoms with E-state index in [9.17, 15) is 9.90 Å². The summed E-state index contributed by atoms with van der Waals surface area (Å²) < 4.78 is 0. The average molecular weight is 294 g/mol. The molecule has 20 heavy (non-hydrogen) atoms. The number of carbonyl (C=O) groups excluding carboxylic acids is 1. The van der Waals surface area contributed by atoms with Gasteiger partial charge in [-0.1, -0.05) is 24.3 Å². The maximum absolute atomic E-state index is 11.8. The van der Waals surface area contributed by atoms with Gasteiger partial charge in [-0.25, -0.2) is 4.79 Å². The van der Waals surface area contributed by atoms with Gasteiger partial charge >= 0.3 is 6.03 Å². The smallest absolute Gasteiger partial charge is 0.315 e. The van der Waals surface area contributed by atoms with Gasteiger partial charge in [0.2, 0.25) is 0 Å². The van der Waals surface area contributed by atoms with Crippen LogP contribution in [0.5, 0.6) is 0 Å². The minimum atomic E-state index is -0.663. The lowest BCUT2D eigenvalue weighted by atomic mass is 10.0. The second-order valence-electron chi connectivity index (χ2n) is 5.11. The van der Waals surface area contributed by atoms with Crippen molar-refractivity contribution in [3.05, 3.63) is 35.4 Å². The van der Waals surface area contributed by atoms with Crippen LogP contribution in [-0.2, 0) is 0 Å². The summed E-state index contributed by atoms with van der Waals surface area (Å²) in [6.07, 6.45) is 1.39. The lowest BCUT2D eigenvalue weighted by Crippen LogP contribution is -2.44. The van der Waals surface area contributed by atoms with Crippen molar-refractivity contribution in [1.29, 1.82) is 0 Å². The zero-order chi connectivity index (χ0) is 14.4. The van der Waals surface area contributed by atoms with Crippen LogP contribution in [0, 0.1) is 6.92 Å². The Bertz CT molecular complexity index is 447. The molecule has 1 heterocycles. The van der Waals surface area contributed by atoms with Gasteiger partial charge in [-0.05, 0) is 42.4 Å². The summed E-state index contributed by atoms with van der Waals surface area (Å²) in [5.74, 6) is 2.22. The molecule has 0 aliphatic carbocycles. The number of hydrogen-bond donors (Lipinski definition) is 3. The number of rotatable bonds is 4. The van der Waals surface area contributed by atoms with Gasteiger partial charge in [0, 0.05) is 12.6 Å². The molecule has 2 rings (SSSR count). The number of hydrogen-bond acceptors (Lipinski definition) is 3. The van der Waals surface area contributed by atoms with Gasteiger partial charge in [0.15, 0.2) is 0 Å². The fraction of sp³-hybridized carbons (Fsp3) is 0.533. The normalized spacial score (nSPS) is 17.5. The molecule has 0 bridgehead atoms. The summed E-state index contributed by atoms with van der Waals surface area (Å²) in [5, 5.41) is 15.8. The summed E-state index contributed by atoms with van der Waals surface area (Å²) in [7, 11) is 0. The highest BCUT2D eigenvalue weighted by Gasteiger charge is 2.17. The van der Waals surface area contributed by atoms with Crippen molar-refractivity contribution in [3.63, 3.8) is 0 Å². The van der Waals surface area contributed by atoms with Gasteiger partial charge in [-0.15, -0.1) is 0 Å². The minimum absolute atomic E-state index is 0.186. The highest BCUT2D eigenvalue weighted by molar-refractivity contribution is 7.99. The van der Waals surface area contributed by atoms with Crippen LogP contribution in [0.1, 0.15) is 30.1 Å². The first-order chi connectivity index (χ1) is 9.66. The molecule has 1 aromatic carbocycles. The molecule has 1 fully saturated rings. The van der Waals surface area contributed by atoms with Crippen molar-refractivity contribution in [2.45, 2.75) is 31.9 Å². The van der Waals surface area contributed by atoms with Gasteiger partial charge in [-0.2, -0.15) is 11.8 Å². The summed E-state index contributed by atoms with van der Waals surface area (Å²) in [4.78, 5) is 11.8. The van der Waals surface area contributed by atoms with Gasteiger partial charge in [0.05, 0.1) is 6.10 Å². The minimum Gasteiger partial charge on any atom is -0.387 e. The van der Waals surface area contributed by atoms with Crippen LogP contribution in [0.4, 0.5) is 4.79 Å². The Balaban J connectivity index is 1.76. The molecular weight excluding hydrogens is 272 g/mol. The number of benzene rings is 1. The number of carbonyl (C=O) groups is 1. The van der Waals surface area contributed by atoms with Crippen molar-refractivity contribution >= 4 is 17.8 Å². The first-order valence-electron chi connectivity index (χ1n) is 7.02. The molecule has 2 amide bonds. The van der Waals surface area contributed by atoms with Crippen LogP contribution in [0.2, 0.25) is 0 Å². The molecule has 110 valence electrons. The first-order valence-corrected chi connectivity index (χ1v) is 8.18. The Morgan fingerprint density at radius 2 is 2.10 bits per heavy atom. The third-order valence-corrected chi connectivity index (χ3v) is 4.61. The van der Waals surface area contributed by atoms with E-state index >= 15 is 0 Å². The lowest BCUT2D eigenvalue weighted by Gasteiger charge is -2.23. The van der Waals surface area contributed by atoms with Gasteiger partial charge < -0.3 is 15.7 Å². The predicted molar refractivity (Wildman–Crippen MR) is 83.0 cm³/mol. The predicted octanol–water partition coefficient (Wildman–Crippen LogP) is 2.22. The number of nitrogens with one attached hydrogen (secondary N) is 2. The summed E-state index contributed by atoms with van der Waals surface area (Å²) in [6, 6.07) is 7.76. The Morgan fingerprint density at radius 3 is 2.80 bits per heavy atom. The van der Waals surface area contributed by atoms with Crippen molar-refractivity contribution < 1.29 is 9.90 Å². The third-order valence-electron chi connectivity index (χ3n) is 3.56. The topological polar surface area (TPSA) is 61.4 Å². The van der Waals surface area contributed by atoms with Crippen molar-refractivity contribution in [2.24, 2.45) is 0 Å². The first kappa shape index (κ1) is 15.2. The Kier molecular flexibility index (Phi) is 5.73. The van der Waals surface area contributed by atoms with Gasteiger partial charge in [-0.3, -0.25) is 0 Å². The molecule has 0 aromatic heterocycles. The fourth-order valence-corrected chi connectivity index (χ4v) is 3.44. The molecule has 1 saturated heterocycles. The molecular formula is C15H22N2O2S. The summed E-state index contributed by atoms with van der Waals surface area (Å²) in [6.45, 7) is 2.19. The Labute approximate surface area is 124 Å². The molecule has 0 radical (unpaired) electrons. The Hall–Kier alpha value is -1.20. The van der Waals surface area contributed by atoms with Crippen LogP contribution in [0.3, 0.4) is 0 Å². The lowest BCUT2D eigenvalue weighted by molar-refractivity contribution is 0.171. The highest BCUT2D eigenvalue weighted by Crippen LogP contribution is 2.17. The van der Waals surface area contributed by atoms with Crippen molar-refractivity contribution in [3.8, 4) is 0 Å². The van der Waals surface area contributed by atoms with E-state index in [1.807, 2.05) is 43.0 Å². The number of urea groups is 1. The van der Waals surface area contributed by atoms with E-state index in [0.717, 1.165) is 35.5 Å². The average Bonchev–Trinajstić information content (AvgIpc) is 2.46. The molecule has 0 saturated carbocycles. The second kappa shape index (κ2) is 7.55. The highest BCUT2D eigenvalue weighted by atomic mass is 32.2. The molecule has 3 N–H and O–H groups in total. The quantitative estimate of drug-likeness (QED) is 0.798. The zero-order valence-electron chi connectivity index (χ0n) is 11.8. The molecule has 4 nitrogen and oxygen atoms in total. The molecule has 1 aromatic rings. The van der Waals surface area contributed by atoms with Crippen LogP contribution in [-0.4, -0.2) is 35.2 Å². The van der Waals surface area contributed by atoms with Crippen molar-refractivity contribution in [2.75, 3.05) is 18.1 Å². The van der Waals surface area contributed by atoms with E-state index in [-0.39, 0.29) is 18.6 Å². The summed E-state index contributed by atoms with van der Waals surface area (Å²) >= 11 is 1.93. The molecule has 1 atom stereocenters. The van der Waals surface area contributed by atoms with Gasteiger partial charge in [0.25, 0.3) is 0 Å². The van der Waals surface area contributed by atoms with Crippen LogP contribution in [0.25, 0.3) is 0 Å². The van der Waals surface area contributed by atoms with Gasteiger partial charge in [0.1, 0.15) is 0 Å². The fourth-order valence-electron chi connectivity index (χ4n) is 2.34.